The van der Waals surface area contributed by atoms with Crippen LogP contribution in [0.1, 0.15) is 35.2 Å². The number of ketones is 1. The van der Waals surface area contributed by atoms with Gasteiger partial charge in [0, 0.05) is 30.8 Å². The van der Waals surface area contributed by atoms with Gasteiger partial charge in [-0.1, -0.05) is 18.2 Å². The molecular weight excluding hydrogens is 328 g/mol. The molecule has 5 rings (SSSR count). The van der Waals surface area contributed by atoms with E-state index >= 15 is 0 Å². The van der Waals surface area contributed by atoms with E-state index in [4.69, 9.17) is 4.74 Å². The summed E-state index contributed by atoms with van der Waals surface area (Å²) in [6, 6.07) is 11.2. The van der Waals surface area contributed by atoms with Crippen molar-refractivity contribution < 1.29 is 14.3 Å². The van der Waals surface area contributed by atoms with Gasteiger partial charge in [0.1, 0.15) is 11.4 Å². The quantitative estimate of drug-likeness (QED) is 0.926. The minimum absolute atomic E-state index is 0.0431. The number of carbonyl (C=O) groups is 2. The topological polar surface area (TPSA) is 68.3 Å². The van der Waals surface area contributed by atoms with Crippen molar-refractivity contribution in [2.45, 2.75) is 31.4 Å². The Hall–Kier alpha value is -2.69. The number of nitrogens with zero attached hydrogens (tertiary/aromatic N) is 1. The predicted molar refractivity (Wildman–Crippen MR) is 94.5 cm³/mol. The highest BCUT2D eigenvalue weighted by atomic mass is 16.5. The predicted octanol–water partition coefficient (Wildman–Crippen LogP) is 2.76. The van der Waals surface area contributed by atoms with Crippen LogP contribution in [-0.4, -0.2) is 22.3 Å². The fraction of sp³-hybridized carbons (Fsp3) is 0.381. The third kappa shape index (κ3) is 2.34. The van der Waals surface area contributed by atoms with Gasteiger partial charge in [-0.05, 0) is 42.5 Å². The number of pyridine rings is 1. The number of amides is 1. The number of hydrogen-bond acceptors (Lipinski definition) is 4. The summed E-state index contributed by atoms with van der Waals surface area (Å²) in [4.78, 5) is 29.4. The van der Waals surface area contributed by atoms with Crippen molar-refractivity contribution in [3.63, 3.8) is 0 Å². The van der Waals surface area contributed by atoms with Gasteiger partial charge in [-0.15, -0.1) is 0 Å². The van der Waals surface area contributed by atoms with Crippen molar-refractivity contribution in [1.29, 1.82) is 0 Å². The molecule has 1 spiro atoms. The smallest absolute Gasteiger partial charge is 0.224 e. The van der Waals surface area contributed by atoms with Crippen molar-refractivity contribution in [1.82, 2.24) is 10.3 Å². The molecule has 5 heteroatoms. The minimum Gasteiger partial charge on any atom is -0.486 e. The molecule has 1 aliphatic heterocycles. The SMILES string of the molecule is O=C1CC2(CCC3C(C(=O)NCc4cccnc4)C32)Oc2ccccc21. The van der Waals surface area contributed by atoms with Crippen molar-refractivity contribution in [3.8, 4) is 5.75 Å². The molecule has 0 radical (unpaired) electrons. The van der Waals surface area contributed by atoms with Crippen LogP contribution >= 0.6 is 0 Å². The Labute approximate surface area is 151 Å². The van der Waals surface area contributed by atoms with E-state index in [2.05, 4.69) is 10.3 Å². The third-order valence-corrected chi connectivity index (χ3v) is 6.13. The largest absolute Gasteiger partial charge is 0.486 e. The maximum atomic E-state index is 12.7. The fourth-order valence-corrected chi connectivity index (χ4v) is 4.93. The molecule has 2 saturated carbocycles. The molecule has 4 unspecified atom stereocenters. The molecule has 2 fully saturated rings. The highest BCUT2D eigenvalue weighted by molar-refractivity contribution is 6.00. The Kier molecular flexibility index (Phi) is 3.39. The van der Waals surface area contributed by atoms with Crippen LogP contribution in [0.5, 0.6) is 5.75 Å². The Bertz CT molecular complexity index is 882. The molecular formula is C21H20N2O3. The number of rotatable bonds is 3. The average molecular weight is 348 g/mol. The molecule has 1 N–H and O–H groups in total. The number of hydrogen-bond donors (Lipinski definition) is 1. The second-order valence-electron chi connectivity index (χ2n) is 7.60. The van der Waals surface area contributed by atoms with Gasteiger partial charge in [-0.3, -0.25) is 14.6 Å². The van der Waals surface area contributed by atoms with E-state index in [0.29, 0.717) is 30.2 Å². The zero-order valence-electron chi connectivity index (χ0n) is 14.4. The third-order valence-electron chi connectivity index (χ3n) is 6.13. The first-order valence-corrected chi connectivity index (χ1v) is 9.16. The summed E-state index contributed by atoms with van der Waals surface area (Å²) >= 11 is 0. The summed E-state index contributed by atoms with van der Waals surface area (Å²) < 4.78 is 6.34. The second-order valence-corrected chi connectivity index (χ2v) is 7.60. The van der Waals surface area contributed by atoms with Crippen LogP contribution in [0, 0.1) is 17.8 Å². The first-order valence-electron chi connectivity index (χ1n) is 9.16. The van der Waals surface area contributed by atoms with Gasteiger partial charge in [0.15, 0.2) is 5.78 Å². The average Bonchev–Trinajstić information content (AvgIpc) is 3.32. The van der Waals surface area contributed by atoms with Crippen molar-refractivity contribution in [2.75, 3.05) is 0 Å². The number of para-hydroxylation sites is 1. The van der Waals surface area contributed by atoms with Crippen LogP contribution in [0.2, 0.25) is 0 Å². The molecule has 2 aliphatic carbocycles. The van der Waals surface area contributed by atoms with Crippen LogP contribution in [0.3, 0.4) is 0 Å². The van der Waals surface area contributed by atoms with Crippen LogP contribution in [-0.2, 0) is 11.3 Å². The lowest BCUT2D eigenvalue weighted by Gasteiger charge is -2.37. The Morgan fingerprint density at radius 3 is 3.00 bits per heavy atom. The van der Waals surface area contributed by atoms with E-state index in [9.17, 15) is 9.59 Å². The highest BCUT2D eigenvalue weighted by Crippen LogP contribution is 2.65. The zero-order chi connectivity index (χ0) is 17.7. The molecule has 3 aliphatic rings. The van der Waals surface area contributed by atoms with E-state index in [0.717, 1.165) is 18.4 Å². The van der Waals surface area contributed by atoms with Crippen molar-refractivity contribution in [2.24, 2.45) is 17.8 Å². The van der Waals surface area contributed by atoms with Gasteiger partial charge in [0.25, 0.3) is 0 Å². The number of carbonyl (C=O) groups excluding carboxylic acids is 2. The van der Waals surface area contributed by atoms with Crippen molar-refractivity contribution in [3.05, 3.63) is 59.9 Å². The van der Waals surface area contributed by atoms with Crippen LogP contribution in [0.4, 0.5) is 0 Å². The normalized spacial score (nSPS) is 31.1. The zero-order valence-corrected chi connectivity index (χ0v) is 14.4. The number of Topliss-reactive ketones (excluding diaryl/α,β-unsaturated/α-hetero) is 1. The van der Waals surface area contributed by atoms with E-state index in [1.807, 2.05) is 36.4 Å². The maximum absolute atomic E-state index is 12.7. The lowest BCUT2D eigenvalue weighted by molar-refractivity contribution is -0.124. The van der Waals surface area contributed by atoms with E-state index in [1.165, 1.54) is 0 Å². The lowest BCUT2D eigenvalue weighted by Crippen LogP contribution is -2.44. The number of benzene rings is 1. The molecule has 4 atom stereocenters. The Morgan fingerprint density at radius 2 is 2.15 bits per heavy atom. The van der Waals surface area contributed by atoms with Gasteiger partial charge in [-0.2, -0.15) is 0 Å². The molecule has 2 aromatic rings. The molecule has 0 saturated heterocycles. The van der Waals surface area contributed by atoms with E-state index in [-0.39, 0.29) is 23.5 Å². The van der Waals surface area contributed by atoms with Gasteiger partial charge in [0.05, 0.1) is 12.0 Å². The lowest BCUT2D eigenvalue weighted by atomic mass is 9.84. The van der Waals surface area contributed by atoms with Gasteiger partial charge >= 0.3 is 0 Å². The van der Waals surface area contributed by atoms with Gasteiger partial charge < -0.3 is 10.1 Å². The summed E-state index contributed by atoms with van der Waals surface area (Å²) in [5.74, 6) is 1.31. The summed E-state index contributed by atoms with van der Waals surface area (Å²) in [6.45, 7) is 0.484. The van der Waals surface area contributed by atoms with Gasteiger partial charge in [-0.25, -0.2) is 0 Å². The summed E-state index contributed by atoms with van der Waals surface area (Å²) in [5.41, 5.74) is 1.16. The van der Waals surface area contributed by atoms with Crippen LogP contribution < -0.4 is 10.1 Å². The fourth-order valence-electron chi connectivity index (χ4n) is 4.93. The number of aromatic nitrogens is 1. The van der Waals surface area contributed by atoms with E-state index in [1.54, 1.807) is 12.4 Å². The second kappa shape index (κ2) is 5.66. The monoisotopic (exact) mass is 348 g/mol. The molecule has 26 heavy (non-hydrogen) atoms. The molecule has 1 amide bonds. The summed E-state index contributed by atoms with van der Waals surface area (Å²) in [6.07, 6.45) is 5.67. The number of fused-ring (bicyclic) bond motifs is 3. The first kappa shape index (κ1) is 15.6. The number of ether oxygens (including phenoxy) is 1. The molecule has 1 aromatic heterocycles. The first-order chi connectivity index (χ1) is 12.7. The summed E-state index contributed by atoms with van der Waals surface area (Å²) in [5, 5.41) is 3.02. The Balaban J connectivity index is 1.31. The van der Waals surface area contributed by atoms with Crippen molar-refractivity contribution >= 4 is 11.7 Å². The molecule has 1 aromatic carbocycles. The molecule has 132 valence electrons. The summed E-state index contributed by atoms with van der Waals surface area (Å²) in [7, 11) is 0. The standard InChI is InChI=1S/C21H20N2O3/c24-16-10-21(26-17-6-2-1-5-14(16)17)8-7-15-18(19(15)21)20(25)23-12-13-4-3-9-22-11-13/h1-6,9,11,15,18-19H,7-8,10,12H2,(H,23,25). The van der Waals surface area contributed by atoms with Crippen LogP contribution in [0.15, 0.2) is 48.8 Å². The highest BCUT2D eigenvalue weighted by Gasteiger charge is 2.70. The molecule has 2 heterocycles. The van der Waals surface area contributed by atoms with Crippen LogP contribution in [0.25, 0.3) is 0 Å². The molecule has 0 bridgehead atoms. The van der Waals surface area contributed by atoms with E-state index < -0.39 is 5.60 Å². The number of nitrogens with one attached hydrogen (secondary N) is 1. The molecule has 5 nitrogen and oxygen atoms in total. The maximum Gasteiger partial charge on any atom is 0.224 e. The van der Waals surface area contributed by atoms with Gasteiger partial charge in [0.2, 0.25) is 5.91 Å². The minimum atomic E-state index is -0.494. The Morgan fingerprint density at radius 1 is 1.27 bits per heavy atom.